The first-order chi connectivity index (χ1) is 13.7. The zero-order valence-corrected chi connectivity index (χ0v) is 18.6. The van der Waals surface area contributed by atoms with E-state index in [0.717, 1.165) is 11.1 Å². The Labute approximate surface area is 181 Å². The predicted octanol–water partition coefficient (Wildman–Crippen LogP) is 6.27. The van der Waals surface area contributed by atoms with Crippen LogP contribution in [-0.2, 0) is 10.0 Å². The molecule has 0 saturated carbocycles. The Balaban J connectivity index is 2.16. The molecular formula is C22H21Cl2NO3S. The molecule has 0 aliphatic heterocycles. The summed E-state index contributed by atoms with van der Waals surface area (Å²) >= 11 is 12.2. The second-order valence-corrected chi connectivity index (χ2v) is 9.30. The van der Waals surface area contributed by atoms with E-state index in [4.69, 9.17) is 27.9 Å². The number of anilines is 1. The summed E-state index contributed by atoms with van der Waals surface area (Å²) in [5.41, 5.74) is 2.10. The molecular weight excluding hydrogens is 429 g/mol. The number of methoxy groups -OCH3 is 1. The molecule has 0 aliphatic carbocycles. The monoisotopic (exact) mass is 449 g/mol. The second-order valence-electron chi connectivity index (χ2n) is 6.64. The van der Waals surface area contributed by atoms with Gasteiger partial charge in [-0.25, -0.2) is 8.42 Å². The predicted molar refractivity (Wildman–Crippen MR) is 119 cm³/mol. The van der Waals surface area contributed by atoms with Crippen LogP contribution in [0.25, 0.3) is 0 Å². The largest absolute Gasteiger partial charge is 0.497 e. The van der Waals surface area contributed by atoms with E-state index in [-0.39, 0.29) is 4.90 Å². The van der Waals surface area contributed by atoms with Crippen LogP contribution in [0, 0.1) is 6.92 Å². The molecule has 0 aliphatic rings. The highest BCUT2D eigenvalue weighted by Crippen LogP contribution is 2.35. The maximum absolute atomic E-state index is 13.7. The number of halogens is 2. The van der Waals surface area contributed by atoms with Crippen molar-refractivity contribution >= 4 is 38.9 Å². The van der Waals surface area contributed by atoms with E-state index in [2.05, 4.69) is 0 Å². The van der Waals surface area contributed by atoms with Gasteiger partial charge in [0.05, 0.1) is 23.7 Å². The average Bonchev–Trinajstić information content (AvgIpc) is 2.71. The highest BCUT2D eigenvalue weighted by Gasteiger charge is 2.31. The first-order valence-electron chi connectivity index (χ1n) is 8.94. The lowest BCUT2D eigenvalue weighted by molar-refractivity contribution is 0.414. The summed E-state index contributed by atoms with van der Waals surface area (Å²) in [6, 6.07) is 18.3. The Morgan fingerprint density at radius 3 is 2.28 bits per heavy atom. The van der Waals surface area contributed by atoms with E-state index >= 15 is 0 Å². The van der Waals surface area contributed by atoms with E-state index in [0.29, 0.717) is 21.5 Å². The van der Waals surface area contributed by atoms with Crippen molar-refractivity contribution in [3.63, 3.8) is 0 Å². The van der Waals surface area contributed by atoms with Crippen molar-refractivity contribution in [1.29, 1.82) is 0 Å². The lowest BCUT2D eigenvalue weighted by Gasteiger charge is -2.31. The molecule has 0 N–H and O–H groups in total. The zero-order valence-electron chi connectivity index (χ0n) is 16.3. The SMILES string of the molecule is COc1cccc([C@@H](C)N(c2ccc(Cl)cc2)S(=O)(=O)c2ccc(C)c(Cl)c2)c1. The van der Waals surface area contributed by atoms with Gasteiger partial charge in [0.15, 0.2) is 0 Å². The molecule has 0 bridgehead atoms. The van der Waals surface area contributed by atoms with Gasteiger partial charge >= 0.3 is 0 Å². The minimum Gasteiger partial charge on any atom is -0.497 e. The normalized spacial score (nSPS) is 12.4. The molecule has 3 aromatic rings. The molecule has 0 fully saturated rings. The number of sulfonamides is 1. The topological polar surface area (TPSA) is 46.6 Å². The Morgan fingerprint density at radius 2 is 1.66 bits per heavy atom. The summed E-state index contributed by atoms with van der Waals surface area (Å²) in [5, 5.41) is 0.926. The van der Waals surface area contributed by atoms with E-state index < -0.39 is 16.1 Å². The van der Waals surface area contributed by atoms with Crippen LogP contribution >= 0.6 is 23.2 Å². The van der Waals surface area contributed by atoms with E-state index in [1.54, 1.807) is 43.5 Å². The fourth-order valence-corrected chi connectivity index (χ4v) is 5.09. The van der Waals surface area contributed by atoms with Crippen molar-refractivity contribution in [2.45, 2.75) is 24.8 Å². The lowest BCUT2D eigenvalue weighted by Crippen LogP contribution is -2.33. The Hall–Kier alpha value is -2.21. The van der Waals surface area contributed by atoms with Crippen molar-refractivity contribution in [3.8, 4) is 5.75 Å². The van der Waals surface area contributed by atoms with Crippen molar-refractivity contribution in [3.05, 3.63) is 87.9 Å². The molecule has 0 radical (unpaired) electrons. The molecule has 0 saturated heterocycles. The number of hydrogen-bond donors (Lipinski definition) is 0. The van der Waals surface area contributed by atoms with Gasteiger partial charge in [0.2, 0.25) is 0 Å². The van der Waals surface area contributed by atoms with Crippen LogP contribution in [0.5, 0.6) is 5.75 Å². The van der Waals surface area contributed by atoms with Crippen LogP contribution in [0.15, 0.2) is 71.6 Å². The van der Waals surface area contributed by atoms with Crippen LogP contribution in [0.1, 0.15) is 24.1 Å². The molecule has 3 rings (SSSR count). The second kappa shape index (κ2) is 8.66. The third kappa shape index (κ3) is 4.53. The van der Waals surface area contributed by atoms with Gasteiger partial charge in [0.25, 0.3) is 10.0 Å². The highest BCUT2D eigenvalue weighted by atomic mass is 35.5. The molecule has 0 unspecified atom stereocenters. The van der Waals surface area contributed by atoms with Crippen LogP contribution in [-0.4, -0.2) is 15.5 Å². The van der Waals surface area contributed by atoms with Crippen LogP contribution in [0.4, 0.5) is 5.69 Å². The zero-order chi connectivity index (χ0) is 21.2. The van der Waals surface area contributed by atoms with Gasteiger partial charge in [-0.15, -0.1) is 0 Å². The molecule has 0 spiro atoms. The van der Waals surface area contributed by atoms with E-state index in [9.17, 15) is 8.42 Å². The molecule has 1 atom stereocenters. The van der Waals surface area contributed by atoms with Gasteiger partial charge < -0.3 is 4.74 Å². The Bertz CT molecular complexity index is 1120. The first kappa shape index (κ1) is 21.5. The van der Waals surface area contributed by atoms with Gasteiger partial charge in [-0.1, -0.05) is 41.4 Å². The van der Waals surface area contributed by atoms with Crippen molar-refractivity contribution in [1.82, 2.24) is 0 Å². The third-order valence-corrected chi connectivity index (χ3v) is 7.26. The molecule has 0 aromatic heterocycles. The highest BCUT2D eigenvalue weighted by molar-refractivity contribution is 7.92. The van der Waals surface area contributed by atoms with Crippen LogP contribution < -0.4 is 9.04 Å². The molecule has 152 valence electrons. The van der Waals surface area contributed by atoms with E-state index in [1.165, 1.54) is 10.4 Å². The Morgan fingerprint density at radius 1 is 0.966 bits per heavy atom. The summed E-state index contributed by atoms with van der Waals surface area (Å²) in [7, 11) is -2.33. The van der Waals surface area contributed by atoms with Gasteiger partial charge in [-0.2, -0.15) is 0 Å². The lowest BCUT2D eigenvalue weighted by atomic mass is 10.1. The van der Waals surface area contributed by atoms with Crippen LogP contribution in [0.3, 0.4) is 0 Å². The fraction of sp³-hybridized carbons (Fsp3) is 0.182. The smallest absolute Gasteiger partial charge is 0.264 e. The molecule has 0 amide bonds. The molecule has 3 aromatic carbocycles. The first-order valence-corrected chi connectivity index (χ1v) is 11.1. The maximum Gasteiger partial charge on any atom is 0.264 e. The summed E-state index contributed by atoms with van der Waals surface area (Å²) in [4.78, 5) is 0.123. The van der Waals surface area contributed by atoms with Gasteiger partial charge in [-0.3, -0.25) is 4.31 Å². The van der Waals surface area contributed by atoms with Crippen molar-refractivity contribution < 1.29 is 13.2 Å². The van der Waals surface area contributed by atoms with Crippen molar-refractivity contribution in [2.75, 3.05) is 11.4 Å². The Kier molecular flexibility index (Phi) is 6.42. The summed E-state index contributed by atoms with van der Waals surface area (Å²) in [6.07, 6.45) is 0. The summed E-state index contributed by atoms with van der Waals surface area (Å²) in [5.74, 6) is 0.654. The minimum absolute atomic E-state index is 0.123. The number of benzene rings is 3. The number of ether oxygens (including phenoxy) is 1. The number of aryl methyl sites for hydroxylation is 1. The standard InChI is InChI=1S/C22H21Cl2NO3S/c1-15-7-12-21(14-22(15)24)29(26,27)25(19-10-8-18(23)9-11-19)16(2)17-5-4-6-20(13-17)28-3/h4-14,16H,1-3H3/t16-/m1/s1. The van der Waals surface area contributed by atoms with E-state index in [1.807, 2.05) is 38.1 Å². The van der Waals surface area contributed by atoms with Crippen molar-refractivity contribution in [2.24, 2.45) is 0 Å². The molecule has 4 nitrogen and oxygen atoms in total. The number of rotatable bonds is 6. The molecule has 0 heterocycles. The number of hydrogen-bond acceptors (Lipinski definition) is 3. The summed E-state index contributed by atoms with van der Waals surface area (Å²) in [6.45, 7) is 3.66. The van der Waals surface area contributed by atoms with Crippen LogP contribution in [0.2, 0.25) is 10.0 Å². The third-order valence-electron chi connectivity index (χ3n) is 4.71. The molecule has 29 heavy (non-hydrogen) atoms. The number of nitrogens with zero attached hydrogens (tertiary/aromatic N) is 1. The maximum atomic E-state index is 13.7. The molecule has 7 heteroatoms. The van der Waals surface area contributed by atoms with Gasteiger partial charge in [-0.05, 0) is 73.5 Å². The quantitative estimate of drug-likeness (QED) is 0.445. The fourth-order valence-electron chi connectivity index (χ4n) is 3.04. The van der Waals surface area contributed by atoms with Gasteiger partial charge in [0.1, 0.15) is 5.75 Å². The summed E-state index contributed by atoms with van der Waals surface area (Å²) < 4.78 is 34.0. The minimum atomic E-state index is -3.91. The van der Waals surface area contributed by atoms with Gasteiger partial charge in [0, 0.05) is 10.0 Å². The average molecular weight is 450 g/mol.